The van der Waals surface area contributed by atoms with Crippen LogP contribution in [-0.4, -0.2) is 7.11 Å². The SMILES string of the molecule is COc1cc(Nc2cc(Br)c(F)cc2F)c(N)cc1F. The number of methoxy groups -OCH3 is 1. The Morgan fingerprint density at radius 2 is 1.70 bits per heavy atom. The van der Waals surface area contributed by atoms with Gasteiger partial charge in [0.25, 0.3) is 0 Å². The van der Waals surface area contributed by atoms with Crippen molar-refractivity contribution < 1.29 is 17.9 Å². The summed E-state index contributed by atoms with van der Waals surface area (Å²) in [5.41, 5.74) is 5.97. The van der Waals surface area contributed by atoms with Crippen molar-refractivity contribution >= 4 is 33.0 Å². The van der Waals surface area contributed by atoms with Gasteiger partial charge in [-0.05, 0) is 22.0 Å². The number of nitrogen functional groups attached to an aromatic ring is 1. The average Bonchev–Trinajstić information content (AvgIpc) is 2.38. The van der Waals surface area contributed by atoms with Crippen molar-refractivity contribution in [1.29, 1.82) is 0 Å². The lowest BCUT2D eigenvalue weighted by atomic mass is 10.2. The third-order valence-electron chi connectivity index (χ3n) is 2.60. The normalized spacial score (nSPS) is 10.4. The van der Waals surface area contributed by atoms with E-state index in [4.69, 9.17) is 10.5 Å². The van der Waals surface area contributed by atoms with E-state index in [1.807, 2.05) is 0 Å². The predicted octanol–water partition coefficient (Wildman–Crippen LogP) is 4.20. The van der Waals surface area contributed by atoms with Crippen LogP contribution in [-0.2, 0) is 0 Å². The van der Waals surface area contributed by atoms with Crippen molar-refractivity contribution in [3.8, 4) is 5.75 Å². The first kappa shape index (κ1) is 14.5. The van der Waals surface area contributed by atoms with E-state index in [9.17, 15) is 13.2 Å². The van der Waals surface area contributed by atoms with E-state index in [1.165, 1.54) is 19.2 Å². The predicted molar refractivity (Wildman–Crippen MR) is 74.7 cm³/mol. The van der Waals surface area contributed by atoms with Crippen molar-refractivity contribution in [2.75, 3.05) is 18.2 Å². The molecular weight excluding hydrogens is 337 g/mol. The number of anilines is 3. The summed E-state index contributed by atoms with van der Waals surface area (Å²) in [4.78, 5) is 0. The number of rotatable bonds is 3. The Labute approximate surface area is 121 Å². The fraction of sp³-hybridized carbons (Fsp3) is 0.0769. The molecule has 0 fully saturated rings. The van der Waals surface area contributed by atoms with Gasteiger partial charge in [0.05, 0.1) is 28.6 Å². The lowest BCUT2D eigenvalue weighted by Crippen LogP contribution is -2.01. The number of hydrogen-bond acceptors (Lipinski definition) is 3. The van der Waals surface area contributed by atoms with Gasteiger partial charge in [-0.15, -0.1) is 0 Å². The minimum atomic E-state index is -0.798. The molecule has 0 saturated heterocycles. The maximum Gasteiger partial charge on any atom is 0.167 e. The molecule has 0 spiro atoms. The van der Waals surface area contributed by atoms with Crippen molar-refractivity contribution in [1.82, 2.24) is 0 Å². The van der Waals surface area contributed by atoms with Crippen LogP contribution in [0.1, 0.15) is 0 Å². The maximum absolute atomic E-state index is 13.6. The molecule has 106 valence electrons. The average molecular weight is 347 g/mol. The fourth-order valence-corrected chi connectivity index (χ4v) is 1.94. The summed E-state index contributed by atoms with van der Waals surface area (Å²) in [7, 11) is 1.30. The van der Waals surface area contributed by atoms with Crippen molar-refractivity contribution in [2.45, 2.75) is 0 Å². The molecule has 0 aliphatic carbocycles. The molecule has 3 nitrogen and oxygen atoms in total. The van der Waals surface area contributed by atoms with Gasteiger partial charge in [-0.2, -0.15) is 0 Å². The van der Waals surface area contributed by atoms with Crippen LogP contribution in [0.25, 0.3) is 0 Å². The zero-order valence-electron chi connectivity index (χ0n) is 10.3. The van der Waals surface area contributed by atoms with Gasteiger partial charge in [0, 0.05) is 18.2 Å². The van der Waals surface area contributed by atoms with Crippen LogP contribution >= 0.6 is 15.9 Å². The topological polar surface area (TPSA) is 47.3 Å². The lowest BCUT2D eigenvalue weighted by molar-refractivity contribution is 0.387. The highest BCUT2D eigenvalue weighted by molar-refractivity contribution is 9.10. The first-order valence-electron chi connectivity index (χ1n) is 5.47. The molecule has 0 unspecified atom stereocenters. The molecule has 0 atom stereocenters. The van der Waals surface area contributed by atoms with Crippen LogP contribution in [0.4, 0.5) is 30.2 Å². The molecule has 2 rings (SSSR count). The van der Waals surface area contributed by atoms with Crippen LogP contribution in [0.5, 0.6) is 5.75 Å². The van der Waals surface area contributed by atoms with Gasteiger partial charge in [0.2, 0.25) is 0 Å². The minimum Gasteiger partial charge on any atom is -0.494 e. The monoisotopic (exact) mass is 346 g/mol. The quantitative estimate of drug-likeness (QED) is 0.646. The van der Waals surface area contributed by atoms with Crippen molar-refractivity contribution in [3.05, 3.63) is 46.2 Å². The van der Waals surface area contributed by atoms with E-state index < -0.39 is 17.5 Å². The minimum absolute atomic E-state index is 0.00126. The molecule has 2 aromatic rings. The molecule has 3 N–H and O–H groups in total. The fourth-order valence-electron chi connectivity index (χ4n) is 1.60. The molecule has 0 radical (unpaired) electrons. The molecular formula is C13H10BrF3N2O. The Bertz CT molecular complexity index is 665. The van der Waals surface area contributed by atoms with E-state index in [2.05, 4.69) is 21.2 Å². The second-order valence-electron chi connectivity index (χ2n) is 3.95. The van der Waals surface area contributed by atoms with E-state index in [0.717, 1.165) is 12.1 Å². The number of benzene rings is 2. The molecule has 7 heteroatoms. The van der Waals surface area contributed by atoms with Gasteiger partial charge in [-0.25, -0.2) is 13.2 Å². The zero-order chi connectivity index (χ0) is 14.9. The molecule has 0 aliphatic rings. The largest absolute Gasteiger partial charge is 0.494 e. The van der Waals surface area contributed by atoms with Crippen molar-refractivity contribution in [3.63, 3.8) is 0 Å². The van der Waals surface area contributed by atoms with Crippen LogP contribution < -0.4 is 15.8 Å². The second-order valence-corrected chi connectivity index (χ2v) is 4.80. The van der Waals surface area contributed by atoms with Gasteiger partial charge >= 0.3 is 0 Å². The molecule has 0 amide bonds. The van der Waals surface area contributed by atoms with Gasteiger partial charge in [-0.1, -0.05) is 0 Å². The second kappa shape index (κ2) is 5.62. The van der Waals surface area contributed by atoms with Crippen LogP contribution in [0.3, 0.4) is 0 Å². The van der Waals surface area contributed by atoms with Gasteiger partial charge < -0.3 is 15.8 Å². The Balaban J connectivity index is 2.42. The van der Waals surface area contributed by atoms with E-state index >= 15 is 0 Å². The highest BCUT2D eigenvalue weighted by Crippen LogP contribution is 2.32. The Morgan fingerprint density at radius 1 is 1.00 bits per heavy atom. The van der Waals surface area contributed by atoms with Crippen molar-refractivity contribution in [2.24, 2.45) is 0 Å². The number of hydrogen-bond donors (Lipinski definition) is 2. The number of nitrogens with one attached hydrogen (secondary N) is 1. The number of halogens is 4. The van der Waals surface area contributed by atoms with E-state index in [1.54, 1.807) is 0 Å². The van der Waals surface area contributed by atoms with Crippen LogP contribution in [0, 0.1) is 17.5 Å². The summed E-state index contributed by atoms with van der Waals surface area (Å²) in [6, 6.07) is 4.29. The first-order valence-corrected chi connectivity index (χ1v) is 6.26. The third kappa shape index (κ3) is 2.82. The molecule has 20 heavy (non-hydrogen) atoms. The number of nitrogens with two attached hydrogens (primary N) is 1. The number of ether oxygens (including phenoxy) is 1. The van der Waals surface area contributed by atoms with Crippen LogP contribution in [0.15, 0.2) is 28.7 Å². The first-order chi connectivity index (χ1) is 9.42. The molecule has 0 saturated carbocycles. The standard InChI is InChI=1S/C13H10BrF3N2O/c1-20-13-5-12(10(18)4-9(13)17)19-11-2-6(14)7(15)3-8(11)16/h2-5,19H,18H2,1H3. The Hall–Kier alpha value is -1.89. The molecule has 0 aliphatic heterocycles. The molecule has 0 heterocycles. The summed E-state index contributed by atoms with van der Waals surface area (Å²) in [6.07, 6.45) is 0. The summed E-state index contributed by atoms with van der Waals surface area (Å²) in [5.74, 6) is -2.19. The molecule has 0 bridgehead atoms. The van der Waals surface area contributed by atoms with E-state index in [-0.39, 0.29) is 27.3 Å². The van der Waals surface area contributed by atoms with E-state index in [0.29, 0.717) is 0 Å². The summed E-state index contributed by atoms with van der Waals surface area (Å²) < 4.78 is 45.1. The Morgan fingerprint density at radius 3 is 2.35 bits per heavy atom. The van der Waals surface area contributed by atoms with Gasteiger partial charge in [-0.3, -0.25) is 0 Å². The van der Waals surface area contributed by atoms with Gasteiger partial charge in [0.1, 0.15) is 11.6 Å². The molecule has 2 aromatic carbocycles. The molecule has 0 aromatic heterocycles. The highest BCUT2D eigenvalue weighted by atomic mass is 79.9. The zero-order valence-corrected chi connectivity index (χ0v) is 11.9. The smallest absolute Gasteiger partial charge is 0.167 e. The highest BCUT2D eigenvalue weighted by Gasteiger charge is 2.12. The summed E-state index contributed by atoms with van der Waals surface area (Å²) >= 11 is 2.95. The third-order valence-corrected chi connectivity index (χ3v) is 3.21. The summed E-state index contributed by atoms with van der Waals surface area (Å²) in [5, 5.41) is 2.67. The summed E-state index contributed by atoms with van der Waals surface area (Å²) in [6.45, 7) is 0. The lowest BCUT2D eigenvalue weighted by Gasteiger charge is -2.13. The maximum atomic E-state index is 13.6. The Kier molecular flexibility index (Phi) is 4.08. The van der Waals surface area contributed by atoms with Crippen LogP contribution in [0.2, 0.25) is 0 Å². The van der Waals surface area contributed by atoms with Gasteiger partial charge in [0.15, 0.2) is 11.6 Å².